The van der Waals surface area contributed by atoms with Crippen LogP contribution in [0.1, 0.15) is 6.92 Å². The van der Waals surface area contributed by atoms with E-state index < -0.39 is 0 Å². The molecule has 1 fully saturated rings. The summed E-state index contributed by atoms with van der Waals surface area (Å²) in [6.07, 6.45) is 0.209. The van der Waals surface area contributed by atoms with Crippen LogP contribution in [-0.2, 0) is 0 Å². The maximum absolute atomic E-state index is 5.70. The average molecular weight is 129 g/mol. The smallest absolute Gasteiger partial charge is 0.0698 e. The average Bonchev–Trinajstić information content (AvgIpc) is 1.80. The zero-order valence-electron chi connectivity index (χ0n) is 6.09. The Labute approximate surface area is 56.2 Å². The molecule has 3 nitrogen and oxygen atoms in total. The van der Waals surface area contributed by atoms with Gasteiger partial charge in [-0.3, -0.25) is 4.90 Å². The molecular weight excluding hydrogens is 114 g/mol. The predicted octanol–water partition coefficient (Wildman–Crippen LogP) is -0.805. The lowest BCUT2D eigenvalue weighted by molar-refractivity contribution is 0.174. The highest BCUT2D eigenvalue weighted by molar-refractivity contribution is 4.77. The third-order valence-electron chi connectivity index (χ3n) is 1.80. The van der Waals surface area contributed by atoms with E-state index >= 15 is 0 Å². The van der Waals surface area contributed by atoms with Crippen molar-refractivity contribution in [2.75, 3.05) is 20.1 Å². The van der Waals surface area contributed by atoms with Gasteiger partial charge in [-0.2, -0.15) is 0 Å². The summed E-state index contributed by atoms with van der Waals surface area (Å²) < 4.78 is 0. The van der Waals surface area contributed by atoms with Gasteiger partial charge >= 0.3 is 0 Å². The Bertz CT molecular complexity index is 94.3. The van der Waals surface area contributed by atoms with Crippen molar-refractivity contribution in [1.82, 2.24) is 10.2 Å². The molecule has 0 aromatic carbocycles. The van der Waals surface area contributed by atoms with Crippen LogP contribution in [0, 0.1) is 0 Å². The van der Waals surface area contributed by atoms with Gasteiger partial charge in [0, 0.05) is 19.1 Å². The molecular formula is C6H15N3. The van der Waals surface area contributed by atoms with Gasteiger partial charge in [0.2, 0.25) is 0 Å². The second kappa shape index (κ2) is 2.64. The molecule has 3 N–H and O–H groups in total. The molecule has 54 valence electrons. The van der Waals surface area contributed by atoms with Gasteiger partial charge in [0.05, 0.1) is 6.17 Å². The van der Waals surface area contributed by atoms with Gasteiger partial charge in [-0.15, -0.1) is 0 Å². The van der Waals surface area contributed by atoms with Crippen LogP contribution in [0.3, 0.4) is 0 Å². The number of likely N-dealkylation sites (N-methyl/N-ethyl adjacent to an activating group) is 1. The van der Waals surface area contributed by atoms with Crippen LogP contribution in [-0.4, -0.2) is 37.2 Å². The van der Waals surface area contributed by atoms with E-state index in [0.29, 0.717) is 6.04 Å². The molecule has 1 aliphatic rings. The van der Waals surface area contributed by atoms with Crippen molar-refractivity contribution in [2.45, 2.75) is 19.1 Å². The molecule has 1 saturated heterocycles. The summed E-state index contributed by atoms with van der Waals surface area (Å²) in [7, 11) is 2.06. The Morgan fingerprint density at radius 1 is 1.67 bits per heavy atom. The zero-order valence-corrected chi connectivity index (χ0v) is 6.09. The van der Waals surface area contributed by atoms with Crippen LogP contribution in [0.5, 0.6) is 0 Å². The Morgan fingerprint density at radius 3 is 2.78 bits per heavy atom. The second-order valence-electron chi connectivity index (χ2n) is 2.82. The second-order valence-corrected chi connectivity index (χ2v) is 2.82. The maximum Gasteiger partial charge on any atom is 0.0698 e. The van der Waals surface area contributed by atoms with Crippen molar-refractivity contribution in [3.05, 3.63) is 0 Å². The number of nitrogens with zero attached hydrogens (tertiary/aromatic N) is 1. The molecule has 1 aliphatic heterocycles. The Balaban J connectivity index is 2.35. The van der Waals surface area contributed by atoms with Crippen LogP contribution in [0.15, 0.2) is 0 Å². The van der Waals surface area contributed by atoms with Gasteiger partial charge in [-0.1, -0.05) is 0 Å². The predicted molar refractivity (Wildman–Crippen MR) is 38.1 cm³/mol. The van der Waals surface area contributed by atoms with Crippen LogP contribution in [0.2, 0.25) is 0 Å². The van der Waals surface area contributed by atoms with E-state index in [4.69, 9.17) is 5.73 Å². The molecule has 0 bridgehead atoms. The standard InChI is InChI=1S/C6H15N3/c1-5-4-9(2)6(7)3-8-5/h5-6,8H,3-4,7H2,1-2H3. The van der Waals surface area contributed by atoms with Gasteiger partial charge in [0.25, 0.3) is 0 Å². The molecule has 0 saturated carbocycles. The van der Waals surface area contributed by atoms with Crippen molar-refractivity contribution in [3.63, 3.8) is 0 Å². The van der Waals surface area contributed by atoms with Crippen molar-refractivity contribution in [1.29, 1.82) is 0 Å². The van der Waals surface area contributed by atoms with Crippen molar-refractivity contribution in [2.24, 2.45) is 5.73 Å². The topological polar surface area (TPSA) is 41.3 Å². The van der Waals surface area contributed by atoms with E-state index in [-0.39, 0.29) is 6.17 Å². The van der Waals surface area contributed by atoms with Crippen LogP contribution < -0.4 is 11.1 Å². The number of piperazine rings is 1. The number of nitrogens with two attached hydrogens (primary N) is 1. The molecule has 9 heavy (non-hydrogen) atoms. The lowest BCUT2D eigenvalue weighted by Crippen LogP contribution is -2.57. The van der Waals surface area contributed by atoms with E-state index in [0.717, 1.165) is 13.1 Å². The first-order valence-electron chi connectivity index (χ1n) is 3.39. The number of nitrogens with one attached hydrogen (secondary N) is 1. The van der Waals surface area contributed by atoms with Crippen LogP contribution >= 0.6 is 0 Å². The fourth-order valence-corrected chi connectivity index (χ4v) is 1.11. The molecule has 0 aromatic rings. The van der Waals surface area contributed by atoms with E-state index in [2.05, 4.69) is 24.2 Å². The summed E-state index contributed by atoms with van der Waals surface area (Å²) in [5.74, 6) is 0. The largest absolute Gasteiger partial charge is 0.315 e. The molecule has 0 spiro atoms. The summed E-state index contributed by atoms with van der Waals surface area (Å²) in [4.78, 5) is 2.17. The Hall–Kier alpha value is -0.120. The lowest BCUT2D eigenvalue weighted by atomic mass is 10.2. The summed E-state index contributed by atoms with van der Waals surface area (Å²) in [5, 5.41) is 3.30. The first-order chi connectivity index (χ1) is 4.20. The van der Waals surface area contributed by atoms with Gasteiger partial charge in [-0.25, -0.2) is 0 Å². The molecule has 0 radical (unpaired) electrons. The minimum atomic E-state index is 0.209. The van der Waals surface area contributed by atoms with E-state index in [9.17, 15) is 0 Å². The lowest BCUT2D eigenvalue weighted by Gasteiger charge is -2.34. The zero-order chi connectivity index (χ0) is 6.85. The van der Waals surface area contributed by atoms with Gasteiger partial charge in [0.15, 0.2) is 0 Å². The SMILES string of the molecule is CC1CN(C)C(N)CN1. The summed E-state index contributed by atoms with van der Waals surface area (Å²) in [6.45, 7) is 4.14. The van der Waals surface area contributed by atoms with E-state index in [1.807, 2.05) is 0 Å². The van der Waals surface area contributed by atoms with Gasteiger partial charge in [-0.05, 0) is 14.0 Å². The van der Waals surface area contributed by atoms with E-state index in [1.54, 1.807) is 0 Å². The minimum Gasteiger partial charge on any atom is -0.315 e. The Morgan fingerprint density at radius 2 is 2.33 bits per heavy atom. The molecule has 3 heteroatoms. The highest BCUT2D eigenvalue weighted by Crippen LogP contribution is 1.97. The molecule has 2 unspecified atom stereocenters. The number of rotatable bonds is 0. The quantitative estimate of drug-likeness (QED) is 0.449. The number of hydrogen-bond acceptors (Lipinski definition) is 3. The van der Waals surface area contributed by atoms with Crippen LogP contribution in [0.4, 0.5) is 0 Å². The molecule has 1 rings (SSSR count). The van der Waals surface area contributed by atoms with Crippen molar-refractivity contribution < 1.29 is 0 Å². The van der Waals surface area contributed by atoms with Gasteiger partial charge in [0.1, 0.15) is 0 Å². The normalized spacial score (nSPS) is 39.0. The van der Waals surface area contributed by atoms with E-state index in [1.165, 1.54) is 0 Å². The highest BCUT2D eigenvalue weighted by Gasteiger charge is 2.17. The molecule has 1 heterocycles. The summed E-state index contributed by atoms with van der Waals surface area (Å²) >= 11 is 0. The maximum atomic E-state index is 5.70. The third-order valence-corrected chi connectivity index (χ3v) is 1.80. The molecule has 0 amide bonds. The highest BCUT2D eigenvalue weighted by atomic mass is 15.3. The molecule has 0 aliphatic carbocycles. The first kappa shape index (κ1) is 6.99. The fraction of sp³-hybridized carbons (Fsp3) is 1.00. The first-order valence-corrected chi connectivity index (χ1v) is 3.39. The van der Waals surface area contributed by atoms with Crippen LogP contribution in [0.25, 0.3) is 0 Å². The third kappa shape index (κ3) is 1.64. The summed E-state index contributed by atoms with van der Waals surface area (Å²) in [5.41, 5.74) is 5.70. The monoisotopic (exact) mass is 129 g/mol. The van der Waals surface area contributed by atoms with Crippen molar-refractivity contribution in [3.8, 4) is 0 Å². The minimum absolute atomic E-state index is 0.209. The number of hydrogen-bond donors (Lipinski definition) is 2. The fourth-order valence-electron chi connectivity index (χ4n) is 1.11. The molecule has 2 atom stereocenters. The Kier molecular flexibility index (Phi) is 2.05. The van der Waals surface area contributed by atoms with Crippen molar-refractivity contribution >= 4 is 0 Å². The van der Waals surface area contributed by atoms with Gasteiger partial charge < -0.3 is 11.1 Å². The summed E-state index contributed by atoms with van der Waals surface area (Å²) in [6, 6.07) is 0.592. The molecule has 0 aromatic heterocycles.